The average Bonchev–Trinajstić information content (AvgIpc) is 3.29. The lowest BCUT2D eigenvalue weighted by molar-refractivity contribution is -0.146. The van der Waals surface area contributed by atoms with E-state index in [0.29, 0.717) is 19.4 Å². The van der Waals surface area contributed by atoms with Gasteiger partial charge in [0.25, 0.3) is 11.5 Å². The Morgan fingerprint density at radius 1 is 1.06 bits per heavy atom. The third-order valence-corrected chi connectivity index (χ3v) is 7.35. The number of amides is 1. The number of hydrogen-bond donors (Lipinski definition) is 1. The minimum absolute atomic E-state index is 0.0172. The van der Waals surface area contributed by atoms with Crippen LogP contribution in [0.3, 0.4) is 0 Å². The molecule has 7 nitrogen and oxygen atoms in total. The van der Waals surface area contributed by atoms with Crippen LogP contribution in [0.1, 0.15) is 85.8 Å². The van der Waals surface area contributed by atoms with Gasteiger partial charge in [-0.3, -0.25) is 14.4 Å². The number of methoxy groups -OCH3 is 1. The number of carbonyl (C=O) groups is 2. The molecule has 2 fully saturated rings. The van der Waals surface area contributed by atoms with Gasteiger partial charge in [-0.1, -0.05) is 12.8 Å². The smallest absolute Gasteiger partial charge is 0.308 e. The SMILES string of the molecule is COC(=O)[C@H]1CC[C@H](NC(=O)c2cc3c(n(CC4CCCO4)c2=O)CCCCCC3)CC1. The summed E-state index contributed by atoms with van der Waals surface area (Å²) in [7, 11) is 1.41. The van der Waals surface area contributed by atoms with Crippen molar-refractivity contribution in [2.75, 3.05) is 13.7 Å². The highest BCUT2D eigenvalue weighted by molar-refractivity contribution is 5.94. The molecule has 0 aromatic carbocycles. The number of nitrogens with one attached hydrogen (secondary N) is 1. The van der Waals surface area contributed by atoms with E-state index >= 15 is 0 Å². The molecule has 32 heavy (non-hydrogen) atoms. The predicted octanol–water partition coefficient (Wildman–Crippen LogP) is 3.15. The third kappa shape index (κ3) is 5.25. The van der Waals surface area contributed by atoms with E-state index in [0.717, 1.165) is 69.2 Å². The summed E-state index contributed by atoms with van der Waals surface area (Å²) in [5.41, 5.74) is 2.29. The van der Waals surface area contributed by atoms with Crippen molar-refractivity contribution in [1.29, 1.82) is 0 Å². The van der Waals surface area contributed by atoms with Crippen molar-refractivity contribution in [2.45, 2.75) is 95.7 Å². The molecule has 1 atom stereocenters. The largest absolute Gasteiger partial charge is 0.469 e. The maximum Gasteiger partial charge on any atom is 0.308 e. The van der Waals surface area contributed by atoms with Crippen LogP contribution in [0.25, 0.3) is 0 Å². The second-order valence-corrected chi connectivity index (χ2v) is 9.54. The maximum atomic E-state index is 13.5. The number of carbonyl (C=O) groups excluding carboxylic acids is 2. The summed E-state index contributed by atoms with van der Waals surface area (Å²) in [5, 5.41) is 3.07. The topological polar surface area (TPSA) is 86.6 Å². The van der Waals surface area contributed by atoms with E-state index in [1.54, 1.807) is 0 Å². The molecular formula is C25H36N2O5. The van der Waals surface area contributed by atoms with Gasteiger partial charge >= 0.3 is 5.97 Å². The summed E-state index contributed by atoms with van der Waals surface area (Å²) in [4.78, 5) is 38.4. The first-order valence-corrected chi connectivity index (χ1v) is 12.3. The summed E-state index contributed by atoms with van der Waals surface area (Å²) in [5.74, 6) is -0.552. The Labute approximate surface area is 189 Å². The van der Waals surface area contributed by atoms with Gasteiger partial charge in [-0.25, -0.2) is 0 Å². The van der Waals surface area contributed by atoms with Crippen LogP contribution in [0.15, 0.2) is 10.9 Å². The van der Waals surface area contributed by atoms with Crippen LogP contribution in [0, 0.1) is 5.92 Å². The van der Waals surface area contributed by atoms with Crippen molar-refractivity contribution in [1.82, 2.24) is 9.88 Å². The number of fused-ring (bicyclic) bond motifs is 1. The minimum Gasteiger partial charge on any atom is -0.469 e. The zero-order valence-electron chi connectivity index (χ0n) is 19.2. The second kappa shape index (κ2) is 10.6. The van der Waals surface area contributed by atoms with Gasteiger partial charge in [0.2, 0.25) is 0 Å². The third-order valence-electron chi connectivity index (χ3n) is 7.35. The number of pyridine rings is 1. The molecule has 0 bridgehead atoms. The molecular weight excluding hydrogens is 408 g/mol. The number of esters is 1. The van der Waals surface area contributed by atoms with E-state index in [4.69, 9.17) is 9.47 Å². The number of aryl methyl sites for hydroxylation is 1. The molecule has 1 N–H and O–H groups in total. The number of rotatable bonds is 5. The molecule has 2 heterocycles. The summed E-state index contributed by atoms with van der Waals surface area (Å²) in [6, 6.07) is 1.83. The summed E-state index contributed by atoms with van der Waals surface area (Å²) < 4.78 is 12.5. The minimum atomic E-state index is -0.289. The molecule has 1 amide bonds. The molecule has 1 aliphatic heterocycles. The van der Waals surface area contributed by atoms with Crippen molar-refractivity contribution in [3.05, 3.63) is 33.2 Å². The Morgan fingerprint density at radius 2 is 1.81 bits per heavy atom. The molecule has 1 aromatic rings. The fourth-order valence-electron chi connectivity index (χ4n) is 5.49. The molecule has 0 spiro atoms. The van der Waals surface area contributed by atoms with Gasteiger partial charge in [-0.15, -0.1) is 0 Å². The van der Waals surface area contributed by atoms with Gasteiger partial charge in [0, 0.05) is 18.3 Å². The lowest BCUT2D eigenvalue weighted by Gasteiger charge is -2.28. The lowest BCUT2D eigenvalue weighted by atomic mass is 9.86. The highest BCUT2D eigenvalue weighted by Crippen LogP contribution is 2.26. The van der Waals surface area contributed by atoms with E-state index in [2.05, 4.69) is 5.32 Å². The van der Waals surface area contributed by atoms with E-state index in [-0.39, 0.29) is 41.1 Å². The Balaban J connectivity index is 1.54. The number of ether oxygens (including phenoxy) is 2. The molecule has 1 saturated heterocycles. The van der Waals surface area contributed by atoms with Crippen LogP contribution >= 0.6 is 0 Å². The molecule has 1 saturated carbocycles. The highest BCUT2D eigenvalue weighted by Gasteiger charge is 2.29. The molecule has 2 aliphatic carbocycles. The van der Waals surface area contributed by atoms with Crippen LogP contribution in [0.2, 0.25) is 0 Å². The fourth-order valence-corrected chi connectivity index (χ4v) is 5.49. The standard InChI is InChI=1S/C25H36N2O5/c1-31-25(30)17-10-12-19(13-11-17)26-23(28)21-15-18-7-4-2-3-5-9-22(18)27(24(21)29)16-20-8-6-14-32-20/h15,17,19-20H,2-14,16H2,1H3,(H,26,28)/t17-,19-,20?. The highest BCUT2D eigenvalue weighted by atomic mass is 16.5. The van der Waals surface area contributed by atoms with E-state index in [1.807, 2.05) is 10.6 Å². The average molecular weight is 445 g/mol. The summed E-state index contributed by atoms with van der Waals surface area (Å²) >= 11 is 0. The van der Waals surface area contributed by atoms with E-state index < -0.39 is 0 Å². The van der Waals surface area contributed by atoms with E-state index in [1.165, 1.54) is 20.0 Å². The maximum absolute atomic E-state index is 13.5. The van der Waals surface area contributed by atoms with Crippen molar-refractivity contribution < 1.29 is 19.1 Å². The fraction of sp³-hybridized carbons (Fsp3) is 0.720. The van der Waals surface area contributed by atoms with Crippen LogP contribution in [0.4, 0.5) is 0 Å². The number of hydrogen-bond acceptors (Lipinski definition) is 5. The van der Waals surface area contributed by atoms with Gasteiger partial charge in [0.1, 0.15) is 5.56 Å². The second-order valence-electron chi connectivity index (χ2n) is 9.54. The molecule has 7 heteroatoms. The van der Waals surface area contributed by atoms with Crippen LogP contribution < -0.4 is 10.9 Å². The monoisotopic (exact) mass is 444 g/mol. The molecule has 1 unspecified atom stereocenters. The van der Waals surface area contributed by atoms with Gasteiger partial charge in [0.15, 0.2) is 0 Å². The summed E-state index contributed by atoms with van der Waals surface area (Å²) in [6.45, 7) is 1.28. The Hall–Kier alpha value is -2.15. The van der Waals surface area contributed by atoms with Crippen LogP contribution in [-0.2, 0) is 33.7 Å². The molecule has 176 valence electrons. The zero-order valence-corrected chi connectivity index (χ0v) is 19.2. The van der Waals surface area contributed by atoms with Crippen molar-refractivity contribution in [2.24, 2.45) is 5.92 Å². The number of nitrogens with zero attached hydrogens (tertiary/aromatic N) is 1. The van der Waals surface area contributed by atoms with E-state index in [9.17, 15) is 14.4 Å². The Morgan fingerprint density at radius 3 is 2.50 bits per heavy atom. The van der Waals surface area contributed by atoms with Gasteiger partial charge in [0.05, 0.1) is 25.7 Å². The van der Waals surface area contributed by atoms with Gasteiger partial charge in [-0.05, 0) is 75.8 Å². The first-order valence-electron chi connectivity index (χ1n) is 12.3. The molecule has 4 rings (SSSR count). The normalized spacial score (nSPS) is 26.0. The van der Waals surface area contributed by atoms with Crippen molar-refractivity contribution in [3.8, 4) is 0 Å². The molecule has 1 aromatic heterocycles. The Bertz CT molecular complexity index is 879. The van der Waals surface area contributed by atoms with Crippen molar-refractivity contribution >= 4 is 11.9 Å². The first-order chi connectivity index (χ1) is 15.6. The quantitative estimate of drug-likeness (QED) is 0.705. The summed E-state index contributed by atoms with van der Waals surface area (Å²) in [6.07, 6.45) is 11.2. The first kappa shape index (κ1) is 23.0. The van der Waals surface area contributed by atoms with Gasteiger partial charge < -0.3 is 19.4 Å². The lowest BCUT2D eigenvalue weighted by Crippen LogP contribution is -2.42. The zero-order chi connectivity index (χ0) is 22.5. The number of aromatic nitrogens is 1. The van der Waals surface area contributed by atoms with Crippen LogP contribution in [-0.4, -0.2) is 42.3 Å². The Kier molecular flexibility index (Phi) is 7.66. The molecule has 3 aliphatic rings. The van der Waals surface area contributed by atoms with Crippen LogP contribution in [0.5, 0.6) is 0 Å². The van der Waals surface area contributed by atoms with Gasteiger partial charge in [-0.2, -0.15) is 0 Å². The molecule has 0 radical (unpaired) electrons. The predicted molar refractivity (Wildman–Crippen MR) is 121 cm³/mol. The van der Waals surface area contributed by atoms with Crippen molar-refractivity contribution in [3.63, 3.8) is 0 Å².